The number of hydrogen-bond acceptors (Lipinski definition) is 7. The second-order valence-electron chi connectivity index (χ2n) is 18.2. The molecule has 0 amide bonds. The van der Waals surface area contributed by atoms with Crippen molar-refractivity contribution in [3.05, 3.63) is 71.1 Å². The van der Waals surface area contributed by atoms with Crippen LogP contribution in [0.3, 0.4) is 0 Å². The summed E-state index contributed by atoms with van der Waals surface area (Å²) in [7, 11) is 0. The summed E-state index contributed by atoms with van der Waals surface area (Å²) in [4.78, 5) is 4.80. The predicted molar refractivity (Wildman–Crippen MR) is 197 cm³/mol. The number of fused-ring (bicyclic) bond motifs is 7. The highest BCUT2D eigenvalue weighted by molar-refractivity contribution is 5.97. The molecule has 1 aromatic heterocycles. The molecule has 6 N–H and O–H groups in total. The molecule has 268 valence electrons. The van der Waals surface area contributed by atoms with Crippen molar-refractivity contribution in [1.29, 1.82) is 0 Å². The molecular formula is C42H58N6O2. The van der Waals surface area contributed by atoms with Crippen molar-refractivity contribution in [1.82, 2.24) is 15.7 Å². The minimum absolute atomic E-state index is 0.0243. The quantitative estimate of drug-likeness (QED) is 0.0867. The summed E-state index contributed by atoms with van der Waals surface area (Å²) < 4.78 is 5.72. The van der Waals surface area contributed by atoms with Crippen LogP contribution in [0.5, 0.6) is 0 Å². The van der Waals surface area contributed by atoms with Crippen LogP contribution in [0.2, 0.25) is 0 Å². The number of aliphatic hydroxyl groups excluding tert-OH is 1. The van der Waals surface area contributed by atoms with E-state index in [1.807, 2.05) is 24.3 Å². The zero-order valence-corrected chi connectivity index (χ0v) is 30.6. The number of nitrogens with one attached hydrogen (secondary N) is 1. The van der Waals surface area contributed by atoms with Crippen LogP contribution in [0.1, 0.15) is 121 Å². The number of nitrogens with zero attached hydrogens (tertiary/aromatic N) is 3. The molecule has 8 rings (SSSR count). The minimum Gasteiger partial charge on any atom is -0.393 e. The molecule has 0 spiro atoms. The number of amidine groups is 1. The highest BCUT2D eigenvalue weighted by Gasteiger charge is 2.66. The summed E-state index contributed by atoms with van der Waals surface area (Å²) in [5, 5.41) is 19.3. The van der Waals surface area contributed by atoms with Crippen LogP contribution in [-0.2, 0) is 12.8 Å². The van der Waals surface area contributed by atoms with Crippen LogP contribution in [-0.4, -0.2) is 27.2 Å². The third-order valence-corrected chi connectivity index (χ3v) is 15.7. The summed E-state index contributed by atoms with van der Waals surface area (Å²) >= 11 is 0. The van der Waals surface area contributed by atoms with Crippen molar-refractivity contribution in [2.24, 2.45) is 67.9 Å². The van der Waals surface area contributed by atoms with Gasteiger partial charge in [0.05, 0.1) is 12.5 Å². The predicted octanol–water partition coefficient (Wildman–Crippen LogP) is 7.78. The Bertz CT molecular complexity index is 1730. The van der Waals surface area contributed by atoms with Gasteiger partial charge < -0.3 is 15.4 Å². The van der Waals surface area contributed by atoms with Crippen LogP contribution in [0.15, 0.2) is 58.2 Å². The van der Waals surface area contributed by atoms with Crippen LogP contribution in [0.25, 0.3) is 11.4 Å². The van der Waals surface area contributed by atoms with Crippen molar-refractivity contribution in [3.63, 3.8) is 0 Å². The molecular weight excluding hydrogens is 621 g/mol. The molecule has 9 atom stereocenters. The van der Waals surface area contributed by atoms with E-state index in [-0.39, 0.29) is 11.5 Å². The highest BCUT2D eigenvalue weighted by Crippen LogP contribution is 2.73. The molecule has 0 saturated heterocycles. The monoisotopic (exact) mass is 678 g/mol. The molecule has 0 aliphatic heterocycles. The first kappa shape index (κ1) is 33.9. The van der Waals surface area contributed by atoms with E-state index in [9.17, 15) is 5.11 Å². The first-order valence-electron chi connectivity index (χ1n) is 19.4. The second-order valence-corrected chi connectivity index (χ2v) is 18.2. The smallest absolute Gasteiger partial charge is 0.231 e. The van der Waals surface area contributed by atoms with Crippen molar-refractivity contribution in [3.8, 4) is 11.4 Å². The molecule has 5 aliphatic rings. The fourth-order valence-electron chi connectivity index (χ4n) is 13.4. The van der Waals surface area contributed by atoms with Crippen molar-refractivity contribution in [2.75, 3.05) is 0 Å². The summed E-state index contributed by atoms with van der Waals surface area (Å²) in [6.07, 6.45) is 16.1. The number of hydrazone groups is 1. The number of benzene rings is 2. The Morgan fingerprint density at radius 1 is 0.880 bits per heavy atom. The van der Waals surface area contributed by atoms with E-state index in [4.69, 9.17) is 21.1 Å². The van der Waals surface area contributed by atoms with Gasteiger partial charge in [-0.15, -0.1) is 5.10 Å². The average Bonchev–Trinajstić information content (AvgIpc) is 3.74. The molecule has 2 aromatic carbocycles. The molecule has 3 aromatic rings. The number of aliphatic hydroxyl groups is 1. The Kier molecular flexibility index (Phi) is 8.45. The van der Waals surface area contributed by atoms with E-state index in [1.54, 1.807) is 0 Å². The van der Waals surface area contributed by atoms with E-state index in [2.05, 4.69) is 67.8 Å². The molecule has 8 heteroatoms. The number of hydrogen-bond donors (Lipinski definition) is 4. The van der Waals surface area contributed by atoms with Gasteiger partial charge >= 0.3 is 0 Å². The van der Waals surface area contributed by atoms with E-state index >= 15 is 0 Å². The summed E-state index contributed by atoms with van der Waals surface area (Å²) in [5.74, 6) is 10.8. The lowest BCUT2D eigenvalue weighted by atomic mass is 9.36. The second kappa shape index (κ2) is 12.5. The fraction of sp³-hybridized carbons (Fsp3) is 0.643. The van der Waals surface area contributed by atoms with Crippen LogP contribution >= 0.6 is 0 Å². The molecule has 5 saturated carbocycles. The SMILES string of the molecule is CC1(C)C(O)CCC2(C)C1CCC1(C)C3CCC4(Cc5cccc(-c6noc(Cc7ccc(/C(N)=N/NN)cc7)n6)c5)CCCC4C3CCC12. The van der Waals surface area contributed by atoms with Gasteiger partial charge in [0.1, 0.15) is 0 Å². The molecule has 0 radical (unpaired) electrons. The van der Waals surface area contributed by atoms with Crippen LogP contribution < -0.4 is 17.1 Å². The van der Waals surface area contributed by atoms with Gasteiger partial charge in [0.2, 0.25) is 11.7 Å². The van der Waals surface area contributed by atoms with Crippen molar-refractivity contribution < 1.29 is 9.63 Å². The van der Waals surface area contributed by atoms with Gasteiger partial charge in [0, 0.05) is 11.1 Å². The maximum absolute atomic E-state index is 11.0. The van der Waals surface area contributed by atoms with Gasteiger partial charge in [-0.3, -0.25) is 0 Å². The van der Waals surface area contributed by atoms with E-state index in [0.29, 0.717) is 46.1 Å². The Hall–Kier alpha value is -3.23. The first-order valence-corrected chi connectivity index (χ1v) is 19.4. The maximum atomic E-state index is 11.0. The summed E-state index contributed by atoms with van der Waals surface area (Å²) in [6, 6.07) is 16.8. The Morgan fingerprint density at radius 3 is 2.48 bits per heavy atom. The van der Waals surface area contributed by atoms with Crippen molar-refractivity contribution in [2.45, 2.75) is 117 Å². The lowest BCUT2D eigenvalue weighted by molar-refractivity contribution is -0.214. The number of rotatable bonds is 7. The van der Waals surface area contributed by atoms with Gasteiger partial charge in [-0.25, -0.2) is 11.4 Å². The molecule has 5 fully saturated rings. The third kappa shape index (κ3) is 5.42. The summed E-state index contributed by atoms with van der Waals surface area (Å²) in [6.45, 7) is 10.1. The third-order valence-electron chi connectivity index (χ3n) is 15.7. The largest absolute Gasteiger partial charge is 0.393 e. The zero-order valence-electron chi connectivity index (χ0n) is 30.6. The van der Waals surface area contributed by atoms with E-state index < -0.39 is 0 Å². The lowest BCUT2D eigenvalue weighted by Gasteiger charge is -2.69. The highest BCUT2D eigenvalue weighted by atomic mass is 16.5. The van der Waals surface area contributed by atoms with E-state index in [0.717, 1.165) is 53.2 Å². The number of nitrogens with two attached hydrogens (primary N) is 2. The fourth-order valence-corrected chi connectivity index (χ4v) is 13.4. The van der Waals surface area contributed by atoms with Crippen LogP contribution in [0.4, 0.5) is 0 Å². The maximum Gasteiger partial charge on any atom is 0.231 e. The first-order chi connectivity index (χ1) is 24.0. The number of hydrazine groups is 1. The topological polar surface area (TPSA) is 136 Å². The molecule has 50 heavy (non-hydrogen) atoms. The van der Waals surface area contributed by atoms with Crippen LogP contribution in [0, 0.1) is 51.2 Å². The molecule has 9 unspecified atom stereocenters. The van der Waals surface area contributed by atoms with Gasteiger partial charge in [0.15, 0.2) is 5.84 Å². The average molecular weight is 679 g/mol. The van der Waals surface area contributed by atoms with E-state index in [1.165, 1.54) is 69.8 Å². The van der Waals surface area contributed by atoms with Gasteiger partial charge in [-0.1, -0.05) is 81.7 Å². The Balaban J connectivity index is 0.975. The number of aromatic nitrogens is 2. The molecule has 0 bridgehead atoms. The summed E-state index contributed by atoms with van der Waals surface area (Å²) in [5.41, 5.74) is 13.7. The normalized spacial score (nSPS) is 37.7. The molecule has 1 heterocycles. The Labute approximate surface area is 298 Å². The van der Waals surface area contributed by atoms with Crippen molar-refractivity contribution >= 4 is 5.84 Å². The standard InChI is InChI=1S/C42H58N6O2/c1-39(2)33-17-20-40(3)31-16-22-42(19-6-9-32(42)30(31)14-15-34(40)41(33,4)21-18-35(39)49)25-27-7-5-8-29(23-27)38-45-36(50-47-38)24-26-10-12-28(13-11-26)37(43)46-48-44/h5,7-8,10-13,23,30-35,48-49H,6,9,14-22,24-25,44H2,1-4H3,(H2,43,46). The Morgan fingerprint density at radius 2 is 1.68 bits per heavy atom. The lowest BCUT2D eigenvalue weighted by Crippen LogP contribution is -2.63. The van der Waals surface area contributed by atoms with Gasteiger partial charge in [0.25, 0.3) is 0 Å². The van der Waals surface area contributed by atoms with Gasteiger partial charge in [-0.2, -0.15) is 4.98 Å². The molecule has 5 aliphatic carbocycles. The molecule has 8 nitrogen and oxygen atoms in total. The minimum atomic E-state index is -0.152. The van der Waals surface area contributed by atoms with Gasteiger partial charge in [-0.05, 0) is 139 Å². The zero-order chi connectivity index (χ0) is 34.9.